The van der Waals surface area contributed by atoms with E-state index >= 15 is 0 Å². The number of para-hydroxylation sites is 1. The van der Waals surface area contributed by atoms with Gasteiger partial charge in [-0.15, -0.1) is 0 Å². The molecule has 0 aromatic heterocycles. The van der Waals surface area contributed by atoms with Crippen LogP contribution in [0, 0.1) is 6.92 Å². The monoisotopic (exact) mass is 396 g/mol. The molecule has 6 nitrogen and oxygen atoms in total. The van der Waals surface area contributed by atoms with Crippen molar-refractivity contribution in [2.75, 3.05) is 19.6 Å². The number of benzene rings is 2. The van der Waals surface area contributed by atoms with Crippen LogP contribution >= 0.6 is 0 Å². The molecule has 0 aliphatic rings. The van der Waals surface area contributed by atoms with Crippen molar-refractivity contribution in [3.05, 3.63) is 65.2 Å². The fourth-order valence-corrected chi connectivity index (χ4v) is 2.72. The minimum absolute atomic E-state index is 0.00341. The van der Waals surface area contributed by atoms with E-state index in [1.807, 2.05) is 76.2 Å². The molecule has 0 saturated heterocycles. The molecule has 0 aliphatic carbocycles. The minimum Gasteiger partial charge on any atom is -0.489 e. The number of carbonyl (C=O) groups is 1. The smallest absolute Gasteiger partial charge is 0.251 e. The van der Waals surface area contributed by atoms with Gasteiger partial charge in [-0.1, -0.05) is 30.3 Å². The zero-order valence-electron chi connectivity index (χ0n) is 17.8. The van der Waals surface area contributed by atoms with E-state index in [2.05, 4.69) is 20.9 Å². The third kappa shape index (κ3) is 7.49. The number of nitrogens with zero attached hydrogens (tertiary/aromatic N) is 1. The summed E-state index contributed by atoms with van der Waals surface area (Å²) >= 11 is 0. The van der Waals surface area contributed by atoms with Crippen LogP contribution in [0.1, 0.15) is 42.3 Å². The molecule has 0 aliphatic heterocycles. The Kier molecular flexibility index (Phi) is 9.02. The summed E-state index contributed by atoms with van der Waals surface area (Å²) in [6, 6.07) is 15.5. The number of aryl methyl sites for hydroxylation is 1. The standard InChI is InChI=1S/C23H32N4O2/c1-5-24-22(28)20-13-11-19(12-14-20)16-27-23(25-6-2)26-15-18(4)29-21-10-8-7-9-17(21)3/h7-14,18H,5-6,15-16H2,1-4H3,(H,24,28)(H2,25,26,27). The van der Waals surface area contributed by atoms with E-state index in [1.54, 1.807) is 0 Å². The Bertz CT molecular complexity index is 803. The first-order chi connectivity index (χ1) is 14.0. The minimum atomic E-state index is -0.0554. The SMILES string of the molecule is CCNC(=O)c1ccc(CN=C(NCC)NCC(C)Oc2ccccc2C)cc1. The Morgan fingerprint density at radius 3 is 2.34 bits per heavy atom. The van der Waals surface area contributed by atoms with E-state index < -0.39 is 0 Å². The third-order valence-electron chi connectivity index (χ3n) is 4.30. The van der Waals surface area contributed by atoms with Crippen molar-refractivity contribution in [2.24, 2.45) is 4.99 Å². The van der Waals surface area contributed by atoms with Gasteiger partial charge in [-0.3, -0.25) is 4.79 Å². The van der Waals surface area contributed by atoms with Gasteiger partial charge in [0.05, 0.1) is 13.1 Å². The van der Waals surface area contributed by atoms with Gasteiger partial charge in [-0.2, -0.15) is 0 Å². The number of amides is 1. The number of rotatable bonds is 9. The number of guanidine groups is 1. The zero-order valence-corrected chi connectivity index (χ0v) is 17.8. The second kappa shape index (κ2) is 11.7. The fourth-order valence-electron chi connectivity index (χ4n) is 2.72. The maximum absolute atomic E-state index is 11.8. The number of ether oxygens (including phenoxy) is 1. The zero-order chi connectivity index (χ0) is 21.1. The predicted octanol–water partition coefficient (Wildman–Crippen LogP) is 3.27. The lowest BCUT2D eigenvalue weighted by atomic mass is 10.1. The first kappa shape index (κ1) is 22.3. The van der Waals surface area contributed by atoms with Gasteiger partial charge in [0.25, 0.3) is 5.91 Å². The Hall–Kier alpha value is -3.02. The number of nitrogens with one attached hydrogen (secondary N) is 3. The first-order valence-corrected chi connectivity index (χ1v) is 10.1. The van der Waals surface area contributed by atoms with Crippen LogP contribution in [0.15, 0.2) is 53.5 Å². The molecule has 1 amide bonds. The molecule has 156 valence electrons. The molecule has 2 rings (SSSR count). The average molecular weight is 397 g/mol. The van der Waals surface area contributed by atoms with E-state index in [9.17, 15) is 4.79 Å². The number of hydrogen-bond acceptors (Lipinski definition) is 3. The molecule has 1 unspecified atom stereocenters. The second-order valence-electron chi connectivity index (χ2n) is 6.83. The molecule has 29 heavy (non-hydrogen) atoms. The summed E-state index contributed by atoms with van der Waals surface area (Å²) in [4.78, 5) is 16.5. The summed E-state index contributed by atoms with van der Waals surface area (Å²) in [5.41, 5.74) is 2.82. The molecule has 6 heteroatoms. The van der Waals surface area contributed by atoms with Gasteiger partial charge in [0.2, 0.25) is 0 Å². The molecule has 2 aromatic rings. The Balaban J connectivity index is 1.90. The molecule has 0 fully saturated rings. The first-order valence-electron chi connectivity index (χ1n) is 10.1. The summed E-state index contributed by atoms with van der Waals surface area (Å²) in [5.74, 6) is 1.58. The topological polar surface area (TPSA) is 74.8 Å². The van der Waals surface area contributed by atoms with Crippen LogP contribution in [0.25, 0.3) is 0 Å². The van der Waals surface area contributed by atoms with Crippen LogP contribution in [0.2, 0.25) is 0 Å². The molecule has 0 spiro atoms. The van der Waals surface area contributed by atoms with Crippen molar-refractivity contribution in [3.63, 3.8) is 0 Å². The molecule has 0 heterocycles. The quantitative estimate of drug-likeness (QED) is 0.449. The van der Waals surface area contributed by atoms with E-state index in [4.69, 9.17) is 4.74 Å². The van der Waals surface area contributed by atoms with Gasteiger partial charge in [0.1, 0.15) is 11.9 Å². The maximum Gasteiger partial charge on any atom is 0.251 e. The van der Waals surface area contributed by atoms with Crippen LogP contribution in [-0.4, -0.2) is 37.6 Å². The second-order valence-corrected chi connectivity index (χ2v) is 6.83. The molecule has 1 atom stereocenters. The van der Waals surface area contributed by atoms with Crippen molar-refractivity contribution in [2.45, 2.75) is 40.3 Å². The normalized spacial score (nSPS) is 12.2. The van der Waals surface area contributed by atoms with E-state index in [0.29, 0.717) is 25.2 Å². The highest BCUT2D eigenvalue weighted by atomic mass is 16.5. The Morgan fingerprint density at radius 1 is 1.00 bits per heavy atom. The van der Waals surface area contributed by atoms with Crippen LogP contribution in [-0.2, 0) is 6.54 Å². The summed E-state index contributed by atoms with van der Waals surface area (Å²) in [6.07, 6.45) is -0.00341. The summed E-state index contributed by atoms with van der Waals surface area (Å²) < 4.78 is 6.01. The number of carbonyl (C=O) groups excluding carboxylic acids is 1. The summed E-state index contributed by atoms with van der Waals surface area (Å²) in [5, 5.41) is 9.37. The van der Waals surface area contributed by atoms with Gasteiger partial charge in [0, 0.05) is 18.7 Å². The van der Waals surface area contributed by atoms with Crippen LogP contribution in [0.3, 0.4) is 0 Å². The highest BCUT2D eigenvalue weighted by Gasteiger charge is 2.08. The van der Waals surface area contributed by atoms with Crippen molar-refractivity contribution >= 4 is 11.9 Å². The Morgan fingerprint density at radius 2 is 1.69 bits per heavy atom. The van der Waals surface area contributed by atoms with Gasteiger partial charge < -0.3 is 20.7 Å². The lowest BCUT2D eigenvalue weighted by molar-refractivity contribution is 0.0956. The molecule has 3 N–H and O–H groups in total. The molecule has 2 aromatic carbocycles. The highest BCUT2D eigenvalue weighted by molar-refractivity contribution is 5.94. The largest absolute Gasteiger partial charge is 0.489 e. The third-order valence-corrected chi connectivity index (χ3v) is 4.30. The number of aliphatic imine (C=N–C) groups is 1. The summed E-state index contributed by atoms with van der Waals surface area (Å²) in [6.45, 7) is 10.6. The van der Waals surface area contributed by atoms with Crippen molar-refractivity contribution in [1.29, 1.82) is 0 Å². The van der Waals surface area contributed by atoms with Crippen LogP contribution < -0.4 is 20.7 Å². The van der Waals surface area contributed by atoms with Gasteiger partial charge in [-0.25, -0.2) is 4.99 Å². The lowest BCUT2D eigenvalue weighted by Gasteiger charge is -2.18. The van der Waals surface area contributed by atoms with E-state index in [0.717, 1.165) is 29.4 Å². The van der Waals surface area contributed by atoms with Gasteiger partial charge in [0.15, 0.2) is 5.96 Å². The summed E-state index contributed by atoms with van der Waals surface area (Å²) in [7, 11) is 0. The lowest BCUT2D eigenvalue weighted by Crippen LogP contribution is -2.41. The maximum atomic E-state index is 11.8. The molecule has 0 saturated carbocycles. The molecular formula is C23H32N4O2. The fraction of sp³-hybridized carbons (Fsp3) is 0.391. The average Bonchev–Trinajstić information content (AvgIpc) is 2.72. The molecule has 0 radical (unpaired) electrons. The Labute approximate surface area is 173 Å². The van der Waals surface area contributed by atoms with E-state index in [-0.39, 0.29) is 12.0 Å². The van der Waals surface area contributed by atoms with Crippen molar-refractivity contribution in [3.8, 4) is 5.75 Å². The van der Waals surface area contributed by atoms with Gasteiger partial charge in [-0.05, 0) is 57.0 Å². The van der Waals surface area contributed by atoms with Crippen molar-refractivity contribution in [1.82, 2.24) is 16.0 Å². The van der Waals surface area contributed by atoms with Crippen LogP contribution in [0.5, 0.6) is 5.75 Å². The number of hydrogen-bond donors (Lipinski definition) is 3. The molecule has 0 bridgehead atoms. The highest BCUT2D eigenvalue weighted by Crippen LogP contribution is 2.17. The predicted molar refractivity (Wildman–Crippen MR) is 119 cm³/mol. The van der Waals surface area contributed by atoms with Gasteiger partial charge >= 0.3 is 0 Å². The van der Waals surface area contributed by atoms with Crippen LogP contribution in [0.4, 0.5) is 0 Å². The molecular weight excluding hydrogens is 364 g/mol. The van der Waals surface area contributed by atoms with Crippen molar-refractivity contribution < 1.29 is 9.53 Å². The van der Waals surface area contributed by atoms with E-state index in [1.165, 1.54) is 0 Å².